The fraction of sp³-hybridized carbons (Fsp3) is 0.700. The summed E-state index contributed by atoms with van der Waals surface area (Å²) in [6.45, 7) is 1.88. The van der Waals surface area contributed by atoms with E-state index in [1.54, 1.807) is 7.05 Å². The molecule has 0 saturated carbocycles. The van der Waals surface area contributed by atoms with Crippen molar-refractivity contribution in [2.24, 2.45) is 12.9 Å². The molecule has 1 heterocycles. The molecule has 0 radical (unpaired) electrons. The van der Waals surface area contributed by atoms with E-state index < -0.39 is 18.6 Å². The monoisotopic (exact) mass is 284 g/mol. The molecule has 0 bridgehead atoms. The number of rotatable bonds is 5. The van der Waals surface area contributed by atoms with Crippen LogP contribution in [0, 0.1) is 0 Å². The molecule has 1 atom stereocenters. The van der Waals surface area contributed by atoms with Crippen molar-refractivity contribution in [3.05, 3.63) is 16.4 Å². The maximum Gasteiger partial charge on any atom is 0.390 e. The minimum Gasteiger partial charge on any atom is -0.271 e. The molecular formula is C10H16ClF3N4. The zero-order valence-corrected chi connectivity index (χ0v) is 10.9. The minimum atomic E-state index is -4.27. The van der Waals surface area contributed by atoms with E-state index in [2.05, 4.69) is 10.5 Å². The molecule has 0 aliphatic rings. The van der Waals surface area contributed by atoms with Gasteiger partial charge in [-0.2, -0.15) is 18.3 Å². The lowest BCUT2D eigenvalue weighted by molar-refractivity contribution is -0.140. The molecule has 0 aliphatic carbocycles. The largest absolute Gasteiger partial charge is 0.390 e. The SMILES string of the molecule is CCc1nn(C)c(CC(CC(F)(F)F)NN)c1Cl. The number of hydrogen-bond acceptors (Lipinski definition) is 3. The Bertz CT molecular complexity index is 403. The minimum absolute atomic E-state index is 0.0817. The highest BCUT2D eigenvalue weighted by Gasteiger charge is 2.32. The van der Waals surface area contributed by atoms with E-state index in [4.69, 9.17) is 17.4 Å². The average molecular weight is 285 g/mol. The second-order valence-electron chi connectivity index (χ2n) is 4.07. The predicted octanol–water partition coefficient (Wildman–Crippen LogP) is 1.96. The first-order valence-electron chi connectivity index (χ1n) is 5.51. The van der Waals surface area contributed by atoms with Gasteiger partial charge in [-0.1, -0.05) is 18.5 Å². The van der Waals surface area contributed by atoms with Crippen LogP contribution in [0.2, 0.25) is 5.02 Å². The molecule has 0 fully saturated rings. The first-order valence-corrected chi connectivity index (χ1v) is 5.89. The number of hydrazine groups is 1. The predicted molar refractivity (Wildman–Crippen MR) is 63.1 cm³/mol. The summed E-state index contributed by atoms with van der Waals surface area (Å²) >= 11 is 6.07. The molecule has 0 amide bonds. The fourth-order valence-corrected chi connectivity index (χ4v) is 2.12. The summed E-state index contributed by atoms with van der Waals surface area (Å²) in [4.78, 5) is 0. The number of nitrogens with one attached hydrogen (secondary N) is 1. The molecular weight excluding hydrogens is 269 g/mol. The Labute approximate surface area is 108 Å². The Morgan fingerprint density at radius 1 is 1.50 bits per heavy atom. The van der Waals surface area contributed by atoms with Crippen LogP contribution in [0.3, 0.4) is 0 Å². The summed E-state index contributed by atoms with van der Waals surface area (Å²) < 4.78 is 38.5. The molecule has 8 heteroatoms. The smallest absolute Gasteiger partial charge is 0.271 e. The highest BCUT2D eigenvalue weighted by Crippen LogP contribution is 2.26. The summed E-state index contributed by atoms with van der Waals surface area (Å²) in [5.41, 5.74) is 3.40. The first kappa shape index (κ1) is 15.3. The van der Waals surface area contributed by atoms with Crippen LogP contribution in [0.4, 0.5) is 13.2 Å². The Kier molecular flexibility index (Phi) is 5.01. The van der Waals surface area contributed by atoms with E-state index in [0.29, 0.717) is 22.8 Å². The molecule has 1 aromatic rings. The molecule has 0 aliphatic heterocycles. The lowest BCUT2D eigenvalue weighted by atomic mass is 10.1. The number of nitrogens with two attached hydrogens (primary N) is 1. The third-order valence-corrected chi connectivity index (χ3v) is 3.09. The fourth-order valence-electron chi connectivity index (χ4n) is 1.74. The Morgan fingerprint density at radius 2 is 2.11 bits per heavy atom. The van der Waals surface area contributed by atoms with E-state index in [9.17, 15) is 13.2 Å². The van der Waals surface area contributed by atoms with Crippen LogP contribution in [0.1, 0.15) is 24.7 Å². The van der Waals surface area contributed by atoms with Crippen molar-refractivity contribution < 1.29 is 13.2 Å². The van der Waals surface area contributed by atoms with Gasteiger partial charge in [0.25, 0.3) is 0 Å². The van der Waals surface area contributed by atoms with E-state index >= 15 is 0 Å². The second-order valence-corrected chi connectivity index (χ2v) is 4.45. The molecule has 4 nitrogen and oxygen atoms in total. The lowest BCUT2D eigenvalue weighted by Gasteiger charge is -2.17. The van der Waals surface area contributed by atoms with Gasteiger partial charge in [-0.3, -0.25) is 16.0 Å². The number of halogens is 4. The van der Waals surface area contributed by atoms with Gasteiger partial charge in [0.2, 0.25) is 0 Å². The molecule has 0 aromatic carbocycles. The number of nitrogens with zero attached hydrogens (tertiary/aromatic N) is 2. The van der Waals surface area contributed by atoms with Crippen LogP contribution < -0.4 is 11.3 Å². The summed E-state index contributed by atoms with van der Waals surface area (Å²) in [6.07, 6.45) is -4.56. The molecule has 0 spiro atoms. The van der Waals surface area contributed by atoms with Gasteiger partial charge in [0.1, 0.15) is 0 Å². The van der Waals surface area contributed by atoms with Gasteiger partial charge in [0.15, 0.2) is 0 Å². The molecule has 0 saturated heterocycles. The van der Waals surface area contributed by atoms with Crippen molar-refractivity contribution in [3.63, 3.8) is 0 Å². The van der Waals surface area contributed by atoms with E-state index in [1.165, 1.54) is 4.68 Å². The van der Waals surface area contributed by atoms with Gasteiger partial charge in [-0.05, 0) is 6.42 Å². The Morgan fingerprint density at radius 3 is 2.50 bits per heavy atom. The van der Waals surface area contributed by atoms with E-state index in [-0.39, 0.29) is 6.42 Å². The van der Waals surface area contributed by atoms with Crippen molar-refractivity contribution in [2.75, 3.05) is 0 Å². The van der Waals surface area contributed by atoms with Gasteiger partial charge < -0.3 is 0 Å². The van der Waals surface area contributed by atoms with Gasteiger partial charge in [0.05, 0.1) is 22.8 Å². The molecule has 1 unspecified atom stereocenters. The molecule has 1 rings (SSSR count). The summed E-state index contributed by atoms with van der Waals surface area (Å²) in [7, 11) is 1.65. The standard InChI is InChI=1S/C10H16ClF3N4/c1-3-7-9(11)8(18(2)17-7)4-6(16-15)5-10(12,13)14/h6,16H,3-5,15H2,1-2H3. The third kappa shape index (κ3) is 3.86. The van der Waals surface area contributed by atoms with Crippen molar-refractivity contribution >= 4 is 11.6 Å². The zero-order valence-electron chi connectivity index (χ0n) is 10.2. The number of alkyl halides is 3. The normalized spacial score (nSPS) is 13.9. The topological polar surface area (TPSA) is 55.9 Å². The molecule has 3 N–H and O–H groups in total. The lowest BCUT2D eigenvalue weighted by Crippen LogP contribution is -2.40. The second kappa shape index (κ2) is 5.90. The third-order valence-electron chi connectivity index (χ3n) is 2.66. The van der Waals surface area contributed by atoms with Crippen molar-refractivity contribution in [1.29, 1.82) is 0 Å². The van der Waals surface area contributed by atoms with Gasteiger partial charge in [-0.25, -0.2) is 0 Å². The van der Waals surface area contributed by atoms with Crippen LogP contribution in [0.25, 0.3) is 0 Å². The van der Waals surface area contributed by atoms with Crippen LogP contribution >= 0.6 is 11.6 Å². The van der Waals surface area contributed by atoms with Gasteiger partial charge in [0, 0.05) is 19.5 Å². The summed E-state index contributed by atoms with van der Waals surface area (Å²) in [6, 6.07) is -0.914. The molecule has 18 heavy (non-hydrogen) atoms. The van der Waals surface area contributed by atoms with Crippen LogP contribution in [0.15, 0.2) is 0 Å². The number of aromatic nitrogens is 2. The Hall–Kier alpha value is -0.790. The molecule has 104 valence electrons. The quantitative estimate of drug-likeness (QED) is 0.642. The molecule has 1 aromatic heterocycles. The maximum atomic E-state index is 12.3. The van der Waals surface area contributed by atoms with E-state index in [1.807, 2.05) is 6.92 Å². The zero-order chi connectivity index (χ0) is 13.9. The van der Waals surface area contributed by atoms with Crippen molar-refractivity contribution in [2.45, 2.75) is 38.4 Å². The van der Waals surface area contributed by atoms with Crippen LogP contribution in [-0.2, 0) is 19.9 Å². The van der Waals surface area contributed by atoms with Gasteiger partial charge in [-0.15, -0.1) is 0 Å². The number of hydrogen-bond donors (Lipinski definition) is 2. The Balaban J connectivity index is 2.85. The van der Waals surface area contributed by atoms with Crippen molar-refractivity contribution in [3.8, 4) is 0 Å². The van der Waals surface area contributed by atoms with E-state index in [0.717, 1.165) is 0 Å². The number of aryl methyl sites for hydroxylation is 2. The highest BCUT2D eigenvalue weighted by molar-refractivity contribution is 6.31. The van der Waals surface area contributed by atoms with Crippen LogP contribution in [-0.4, -0.2) is 22.0 Å². The highest BCUT2D eigenvalue weighted by atomic mass is 35.5. The van der Waals surface area contributed by atoms with Crippen LogP contribution in [0.5, 0.6) is 0 Å². The first-order chi connectivity index (χ1) is 8.28. The van der Waals surface area contributed by atoms with Gasteiger partial charge >= 0.3 is 6.18 Å². The summed E-state index contributed by atoms with van der Waals surface area (Å²) in [5.74, 6) is 5.14. The summed E-state index contributed by atoms with van der Waals surface area (Å²) in [5, 5.41) is 4.57. The average Bonchev–Trinajstić information content (AvgIpc) is 2.53. The maximum absolute atomic E-state index is 12.3. The van der Waals surface area contributed by atoms with Crippen molar-refractivity contribution in [1.82, 2.24) is 15.2 Å².